The van der Waals surface area contributed by atoms with Crippen molar-refractivity contribution >= 4 is 0 Å². The van der Waals surface area contributed by atoms with Gasteiger partial charge in [-0.25, -0.2) is 5.01 Å². The Bertz CT molecular complexity index is 76.8. The first-order valence-corrected chi connectivity index (χ1v) is 2.93. The second-order valence-electron chi connectivity index (χ2n) is 2.11. The number of nitrogens with zero attached hydrogens (tertiary/aromatic N) is 1. The number of aliphatic hydroxyl groups excluding tert-OH is 1. The van der Waals surface area contributed by atoms with Crippen molar-refractivity contribution in [1.29, 1.82) is 0 Å². The quantitative estimate of drug-likeness (QED) is 0.470. The van der Waals surface area contributed by atoms with Crippen LogP contribution in [0, 0.1) is 0 Å². The Hall–Kier alpha value is -0.120. The van der Waals surface area contributed by atoms with Crippen LogP contribution < -0.4 is 5.43 Å². The third-order valence-electron chi connectivity index (χ3n) is 1.48. The van der Waals surface area contributed by atoms with E-state index in [4.69, 9.17) is 5.11 Å². The monoisotopic (exact) mass is 116 g/mol. The molecule has 0 saturated carbocycles. The van der Waals surface area contributed by atoms with Gasteiger partial charge in [-0.2, -0.15) is 0 Å². The van der Waals surface area contributed by atoms with Gasteiger partial charge in [0.05, 0.1) is 6.10 Å². The largest absolute Gasteiger partial charge is 0.392 e. The summed E-state index contributed by atoms with van der Waals surface area (Å²) in [4.78, 5) is 0. The molecular weight excluding hydrogens is 104 g/mol. The lowest BCUT2D eigenvalue weighted by Gasteiger charge is -2.10. The van der Waals surface area contributed by atoms with Crippen LogP contribution in [0.5, 0.6) is 0 Å². The van der Waals surface area contributed by atoms with Crippen molar-refractivity contribution in [2.75, 3.05) is 20.1 Å². The number of β-amino-alcohol motifs (C(OH)–C–C–N with tert-alkyl or cyclic N) is 1. The molecule has 48 valence electrons. The molecule has 1 atom stereocenters. The van der Waals surface area contributed by atoms with Crippen LogP contribution >= 0.6 is 0 Å². The van der Waals surface area contributed by atoms with E-state index < -0.39 is 0 Å². The summed E-state index contributed by atoms with van der Waals surface area (Å²) in [7, 11) is 1.87. The second-order valence-corrected chi connectivity index (χ2v) is 2.11. The predicted octanol–water partition coefficient (Wildman–Crippen LogP) is -0.813. The van der Waals surface area contributed by atoms with Gasteiger partial charge in [-0.3, -0.25) is 5.43 Å². The fourth-order valence-electron chi connectivity index (χ4n) is 0.945. The van der Waals surface area contributed by atoms with Crippen LogP contribution in [0.2, 0.25) is 0 Å². The van der Waals surface area contributed by atoms with E-state index in [1.807, 2.05) is 12.1 Å². The molecule has 0 bridgehead atoms. The maximum Gasteiger partial charge on any atom is 0.0693 e. The molecule has 1 heterocycles. The Morgan fingerprint density at radius 1 is 1.75 bits per heavy atom. The molecule has 3 nitrogen and oxygen atoms in total. The molecule has 1 saturated heterocycles. The third-order valence-corrected chi connectivity index (χ3v) is 1.48. The van der Waals surface area contributed by atoms with Crippen LogP contribution in [0.4, 0.5) is 0 Å². The Morgan fingerprint density at radius 2 is 2.50 bits per heavy atom. The first kappa shape index (κ1) is 6.01. The summed E-state index contributed by atoms with van der Waals surface area (Å²) < 4.78 is 0. The van der Waals surface area contributed by atoms with Crippen molar-refractivity contribution in [1.82, 2.24) is 10.4 Å². The highest BCUT2D eigenvalue weighted by molar-refractivity contribution is 4.69. The highest BCUT2D eigenvalue weighted by atomic mass is 16.3. The van der Waals surface area contributed by atoms with Crippen molar-refractivity contribution in [3.8, 4) is 0 Å². The van der Waals surface area contributed by atoms with Gasteiger partial charge in [-0.1, -0.05) is 0 Å². The van der Waals surface area contributed by atoms with E-state index in [0.29, 0.717) is 0 Å². The van der Waals surface area contributed by atoms with Gasteiger partial charge in [0.1, 0.15) is 0 Å². The number of hydrazine groups is 1. The lowest BCUT2D eigenvalue weighted by molar-refractivity contribution is 0.162. The molecule has 0 amide bonds. The van der Waals surface area contributed by atoms with Gasteiger partial charge in [0, 0.05) is 13.1 Å². The lowest BCUT2D eigenvalue weighted by atomic mass is 10.3. The van der Waals surface area contributed by atoms with Gasteiger partial charge in [0.15, 0.2) is 0 Å². The zero-order valence-corrected chi connectivity index (χ0v) is 5.09. The normalized spacial score (nSPS) is 31.5. The summed E-state index contributed by atoms with van der Waals surface area (Å²) in [6, 6.07) is 0. The Labute approximate surface area is 49.3 Å². The second kappa shape index (κ2) is 2.44. The smallest absolute Gasteiger partial charge is 0.0693 e. The van der Waals surface area contributed by atoms with Crippen molar-refractivity contribution in [3.05, 3.63) is 0 Å². The molecule has 0 spiro atoms. The van der Waals surface area contributed by atoms with Crippen LogP contribution in [0.1, 0.15) is 6.42 Å². The number of hydrogen-bond donors (Lipinski definition) is 2. The van der Waals surface area contributed by atoms with Crippen molar-refractivity contribution in [2.45, 2.75) is 12.5 Å². The van der Waals surface area contributed by atoms with Crippen LogP contribution in [-0.2, 0) is 0 Å². The topological polar surface area (TPSA) is 35.5 Å². The van der Waals surface area contributed by atoms with Crippen LogP contribution in [0.3, 0.4) is 0 Å². The molecule has 0 aromatic heterocycles. The molecule has 1 rings (SSSR count). The van der Waals surface area contributed by atoms with Crippen molar-refractivity contribution in [3.63, 3.8) is 0 Å². The summed E-state index contributed by atoms with van der Waals surface area (Å²) in [5, 5.41) is 11.0. The first-order valence-electron chi connectivity index (χ1n) is 2.93. The summed E-state index contributed by atoms with van der Waals surface area (Å²) >= 11 is 0. The van der Waals surface area contributed by atoms with E-state index in [-0.39, 0.29) is 6.10 Å². The standard InChI is InChI=1S/C5H12N2O/c1-6-7-3-2-5(8)4-7/h5-6,8H,2-4H2,1H3/t5-/m0/s1. The molecule has 0 radical (unpaired) electrons. The third kappa shape index (κ3) is 1.18. The SMILES string of the molecule is CNN1CC[C@H](O)C1. The first-order chi connectivity index (χ1) is 3.83. The van der Waals surface area contributed by atoms with Gasteiger partial charge >= 0.3 is 0 Å². The summed E-state index contributed by atoms with van der Waals surface area (Å²) in [6.45, 7) is 1.74. The molecule has 0 aromatic rings. The van der Waals surface area contributed by atoms with Gasteiger partial charge in [0.25, 0.3) is 0 Å². The minimum atomic E-state index is -0.109. The fourth-order valence-corrected chi connectivity index (χ4v) is 0.945. The molecular formula is C5H12N2O. The average Bonchev–Trinajstić information content (AvgIpc) is 2.14. The van der Waals surface area contributed by atoms with E-state index in [1.165, 1.54) is 0 Å². The lowest BCUT2D eigenvalue weighted by Crippen LogP contribution is -2.33. The van der Waals surface area contributed by atoms with E-state index in [0.717, 1.165) is 19.5 Å². The molecule has 0 aliphatic carbocycles. The number of nitrogens with one attached hydrogen (secondary N) is 1. The predicted molar refractivity (Wildman–Crippen MR) is 31.3 cm³/mol. The van der Waals surface area contributed by atoms with Crippen LogP contribution in [0.25, 0.3) is 0 Å². The van der Waals surface area contributed by atoms with Crippen LogP contribution in [0.15, 0.2) is 0 Å². The Kier molecular flexibility index (Phi) is 1.83. The molecule has 1 aliphatic heterocycles. The van der Waals surface area contributed by atoms with E-state index in [9.17, 15) is 0 Å². The van der Waals surface area contributed by atoms with Gasteiger partial charge in [-0.05, 0) is 13.5 Å². The Balaban J connectivity index is 2.22. The molecule has 3 heteroatoms. The van der Waals surface area contributed by atoms with E-state index >= 15 is 0 Å². The zero-order valence-electron chi connectivity index (χ0n) is 5.09. The minimum Gasteiger partial charge on any atom is -0.392 e. The summed E-state index contributed by atoms with van der Waals surface area (Å²) in [5.41, 5.74) is 2.97. The van der Waals surface area contributed by atoms with Crippen LogP contribution in [-0.4, -0.2) is 36.4 Å². The van der Waals surface area contributed by atoms with Crippen molar-refractivity contribution < 1.29 is 5.11 Å². The number of hydrogen-bond acceptors (Lipinski definition) is 3. The molecule has 8 heavy (non-hydrogen) atoms. The zero-order chi connectivity index (χ0) is 5.98. The maximum absolute atomic E-state index is 8.95. The molecule has 0 aromatic carbocycles. The molecule has 1 fully saturated rings. The minimum absolute atomic E-state index is 0.109. The maximum atomic E-state index is 8.95. The Morgan fingerprint density at radius 3 is 2.75 bits per heavy atom. The molecule has 2 N–H and O–H groups in total. The molecule has 1 aliphatic rings. The van der Waals surface area contributed by atoms with E-state index in [2.05, 4.69) is 5.43 Å². The van der Waals surface area contributed by atoms with Gasteiger partial charge in [-0.15, -0.1) is 0 Å². The summed E-state index contributed by atoms with van der Waals surface area (Å²) in [6.07, 6.45) is 0.795. The summed E-state index contributed by atoms with van der Waals surface area (Å²) in [5.74, 6) is 0. The average molecular weight is 116 g/mol. The van der Waals surface area contributed by atoms with Gasteiger partial charge in [0.2, 0.25) is 0 Å². The highest BCUT2D eigenvalue weighted by Gasteiger charge is 2.17. The number of rotatable bonds is 1. The van der Waals surface area contributed by atoms with Gasteiger partial charge < -0.3 is 5.11 Å². The highest BCUT2D eigenvalue weighted by Crippen LogP contribution is 2.03. The van der Waals surface area contributed by atoms with Crippen molar-refractivity contribution in [2.24, 2.45) is 0 Å². The van der Waals surface area contributed by atoms with E-state index in [1.54, 1.807) is 0 Å². The molecule has 0 unspecified atom stereocenters. The fraction of sp³-hybridized carbons (Fsp3) is 1.00. The number of aliphatic hydroxyl groups is 1.